The summed E-state index contributed by atoms with van der Waals surface area (Å²) in [6.07, 6.45) is 3.45. The van der Waals surface area contributed by atoms with Gasteiger partial charge >= 0.3 is 0 Å². The number of piperidine rings is 1. The van der Waals surface area contributed by atoms with Gasteiger partial charge in [0.05, 0.1) is 12.1 Å². The molecule has 3 aromatic rings. The van der Waals surface area contributed by atoms with Crippen LogP contribution in [-0.2, 0) is 13.1 Å². The molecule has 5 nitrogen and oxygen atoms in total. The highest BCUT2D eigenvalue weighted by molar-refractivity contribution is 6.31. The van der Waals surface area contributed by atoms with Crippen LogP contribution in [0.5, 0.6) is 0 Å². The molecule has 1 aliphatic heterocycles. The first kappa shape index (κ1) is 21.3. The second-order valence-electron chi connectivity index (χ2n) is 7.98. The Hall–Kier alpha value is -2.89. The van der Waals surface area contributed by atoms with Gasteiger partial charge in [-0.15, -0.1) is 0 Å². The molecule has 2 heterocycles. The smallest absolute Gasteiger partial charge is 0.252 e. The quantitative estimate of drug-likeness (QED) is 0.638. The highest BCUT2D eigenvalue weighted by Gasteiger charge is 2.21. The number of rotatable bonds is 6. The Morgan fingerprint density at radius 2 is 1.65 bits per heavy atom. The fraction of sp³-hybridized carbons (Fsp3) is 0.280. The van der Waals surface area contributed by atoms with Crippen molar-refractivity contribution in [1.29, 1.82) is 0 Å². The van der Waals surface area contributed by atoms with Crippen molar-refractivity contribution in [3.8, 4) is 0 Å². The van der Waals surface area contributed by atoms with Crippen LogP contribution in [0.4, 0.5) is 0 Å². The summed E-state index contributed by atoms with van der Waals surface area (Å²) in [6.45, 7) is 3.17. The average molecular weight is 436 g/mol. The molecule has 1 aromatic heterocycles. The summed E-state index contributed by atoms with van der Waals surface area (Å²) in [7, 11) is 0. The van der Waals surface area contributed by atoms with Crippen molar-refractivity contribution in [1.82, 2.24) is 14.8 Å². The van der Waals surface area contributed by atoms with Crippen molar-refractivity contribution >= 4 is 17.5 Å². The largest absolute Gasteiger partial charge is 0.349 e. The van der Waals surface area contributed by atoms with Gasteiger partial charge < -0.3 is 9.88 Å². The van der Waals surface area contributed by atoms with Gasteiger partial charge in [-0.1, -0.05) is 60.1 Å². The fourth-order valence-corrected chi connectivity index (χ4v) is 4.14. The number of likely N-dealkylation sites (tertiary alicyclic amines) is 1. The summed E-state index contributed by atoms with van der Waals surface area (Å²) < 4.78 is 1.53. The molecule has 1 N–H and O–H groups in total. The molecule has 0 atom stereocenters. The lowest BCUT2D eigenvalue weighted by atomic mass is 10.0. The zero-order valence-corrected chi connectivity index (χ0v) is 18.1. The summed E-state index contributed by atoms with van der Waals surface area (Å²) in [5.74, 6) is -0.144. The number of benzene rings is 2. The van der Waals surface area contributed by atoms with Crippen molar-refractivity contribution in [2.45, 2.75) is 32.0 Å². The molecule has 6 heteroatoms. The van der Waals surface area contributed by atoms with Crippen LogP contribution in [0.3, 0.4) is 0 Å². The van der Waals surface area contributed by atoms with E-state index in [9.17, 15) is 9.59 Å². The van der Waals surface area contributed by atoms with Gasteiger partial charge in [0.15, 0.2) is 0 Å². The second kappa shape index (κ2) is 9.94. The summed E-state index contributed by atoms with van der Waals surface area (Å²) in [5, 5.41) is 3.74. The molecular weight excluding hydrogens is 410 g/mol. The standard InChI is InChI=1S/C25H26ClN3O2/c26-23-9-5-4-8-20(23)17-29-18-21(10-11-24(29)30)25(31)27-22-12-14-28(15-13-22)16-19-6-2-1-3-7-19/h1-11,18,22H,12-17H2,(H,27,31). The van der Waals surface area contributed by atoms with E-state index in [1.807, 2.05) is 24.3 Å². The van der Waals surface area contributed by atoms with Crippen LogP contribution in [0.25, 0.3) is 0 Å². The van der Waals surface area contributed by atoms with Crippen LogP contribution in [0.1, 0.15) is 34.3 Å². The Morgan fingerprint density at radius 1 is 0.935 bits per heavy atom. The van der Waals surface area contributed by atoms with E-state index in [2.05, 4.69) is 34.5 Å². The topological polar surface area (TPSA) is 54.3 Å². The summed E-state index contributed by atoms with van der Waals surface area (Å²) in [5.41, 5.74) is 2.48. The minimum Gasteiger partial charge on any atom is -0.349 e. The van der Waals surface area contributed by atoms with Gasteiger partial charge in [-0.05, 0) is 36.1 Å². The van der Waals surface area contributed by atoms with Gasteiger partial charge in [-0.3, -0.25) is 14.5 Å². The molecule has 1 aliphatic rings. The van der Waals surface area contributed by atoms with Gasteiger partial charge in [0.2, 0.25) is 0 Å². The molecule has 0 aliphatic carbocycles. The van der Waals surface area contributed by atoms with E-state index >= 15 is 0 Å². The van der Waals surface area contributed by atoms with Gasteiger partial charge in [-0.25, -0.2) is 0 Å². The minimum absolute atomic E-state index is 0.142. The van der Waals surface area contributed by atoms with E-state index in [0.29, 0.717) is 17.1 Å². The molecule has 1 saturated heterocycles. The number of nitrogens with one attached hydrogen (secondary N) is 1. The molecule has 0 spiro atoms. The monoisotopic (exact) mass is 435 g/mol. The maximum Gasteiger partial charge on any atom is 0.252 e. The summed E-state index contributed by atoms with van der Waals surface area (Å²) >= 11 is 6.22. The van der Waals surface area contributed by atoms with Crippen molar-refractivity contribution in [3.63, 3.8) is 0 Å². The first-order valence-corrected chi connectivity index (χ1v) is 11.0. The van der Waals surface area contributed by atoms with Crippen molar-refractivity contribution in [2.24, 2.45) is 0 Å². The van der Waals surface area contributed by atoms with Gasteiger partial charge in [-0.2, -0.15) is 0 Å². The Kier molecular flexibility index (Phi) is 6.85. The molecule has 0 saturated carbocycles. The molecular formula is C25H26ClN3O2. The second-order valence-corrected chi connectivity index (χ2v) is 8.39. The third kappa shape index (κ3) is 5.63. The van der Waals surface area contributed by atoms with Crippen LogP contribution in [0, 0.1) is 0 Å². The number of carbonyl (C=O) groups is 1. The normalized spacial score (nSPS) is 15.0. The van der Waals surface area contributed by atoms with E-state index in [0.717, 1.165) is 38.0 Å². The summed E-state index contributed by atoms with van der Waals surface area (Å²) in [6, 6.07) is 21.0. The Labute approximate surface area is 187 Å². The lowest BCUT2D eigenvalue weighted by Crippen LogP contribution is -2.44. The number of aromatic nitrogens is 1. The number of pyridine rings is 1. The number of hydrogen-bond donors (Lipinski definition) is 1. The first-order chi connectivity index (χ1) is 15.1. The fourth-order valence-electron chi connectivity index (χ4n) is 3.95. The van der Waals surface area contributed by atoms with Crippen LogP contribution in [-0.4, -0.2) is 34.5 Å². The van der Waals surface area contributed by atoms with Crippen molar-refractivity contribution in [3.05, 3.63) is 105 Å². The van der Waals surface area contributed by atoms with E-state index in [-0.39, 0.29) is 17.5 Å². The van der Waals surface area contributed by atoms with Crippen LogP contribution < -0.4 is 10.9 Å². The molecule has 4 rings (SSSR count). The van der Waals surface area contributed by atoms with E-state index in [4.69, 9.17) is 11.6 Å². The number of carbonyl (C=O) groups excluding carboxylic acids is 1. The Balaban J connectivity index is 1.35. The van der Waals surface area contributed by atoms with E-state index in [1.165, 1.54) is 16.2 Å². The van der Waals surface area contributed by atoms with Crippen LogP contribution in [0.2, 0.25) is 5.02 Å². The zero-order chi connectivity index (χ0) is 21.6. The maximum atomic E-state index is 12.8. The lowest BCUT2D eigenvalue weighted by molar-refractivity contribution is 0.0908. The molecule has 2 aromatic carbocycles. The van der Waals surface area contributed by atoms with Crippen molar-refractivity contribution in [2.75, 3.05) is 13.1 Å². The minimum atomic E-state index is -0.161. The first-order valence-electron chi connectivity index (χ1n) is 10.6. The number of amides is 1. The lowest BCUT2D eigenvalue weighted by Gasteiger charge is -2.32. The van der Waals surface area contributed by atoms with E-state index in [1.54, 1.807) is 18.3 Å². The van der Waals surface area contributed by atoms with Crippen LogP contribution >= 0.6 is 11.6 Å². The highest BCUT2D eigenvalue weighted by atomic mass is 35.5. The van der Waals surface area contributed by atoms with Gasteiger partial charge in [0.1, 0.15) is 0 Å². The van der Waals surface area contributed by atoms with Gasteiger partial charge in [0.25, 0.3) is 11.5 Å². The predicted octanol–water partition coefficient (Wildman–Crippen LogP) is 3.94. The number of nitrogens with zero attached hydrogens (tertiary/aromatic N) is 2. The van der Waals surface area contributed by atoms with Crippen LogP contribution in [0.15, 0.2) is 77.7 Å². The molecule has 0 unspecified atom stereocenters. The average Bonchev–Trinajstić information content (AvgIpc) is 2.79. The predicted molar refractivity (Wildman–Crippen MR) is 123 cm³/mol. The third-order valence-corrected chi connectivity index (χ3v) is 6.08. The molecule has 0 bridgehead atoms. The highest BCUT2D eigenvalue weighted by Crippen LogP contribution is 2.16. The third-order valence-electron chi connectivity index (χ3n) is 5.72. The van der Waals surface area contributed by atoms with Gasteiger partial charge in [0, 0.05) is 43.0 Å². The number of halogens is 1. The molecule has 1 fully saturated rings. The van der Waals surface area contributed by atoms with E-state index < -0.39 is 0 Å². The van der Waals surface area contributed by atoms with Crippen molar-refractivity contribution < 1.29 is 4.79 Å². The molecule has 160 valence electrons. The molecule has 0 radical (unpaired) electrons. The molecule has 1 amide bonds. The maximum absolute atomic E-state index is 12.8. The SMILES string of the molecule is O=C(NC1CCN(Cc2ccccc2)CC1)c1ccc(=O)n(Cc2ccccc2Cl)c1. The number of hydrogen-bond acceptors (Lipinski definition) is 3. The molecule has 31 heavy (non-hydrogen) atoms. The summed E-state index contributed by atoms with van der Waals surface area (Å²) in [4.78, 5) is 27.5. The zero-order valence-electron chi connectivity index (χ0n) is 17.3. The Bertz CT molecular complexity index is 1090. The Morgan fingerprint density at radius 3 is 2.39 bits per heavy atom.